The first-order valence-electron chi connectivity index (χ1n) is 9.15. The average Bonchev–Trinajstić information content (AvgIpc) is 3.04. The van der Waals surface area contributed by atoms with Gasteiger partial charge in [0.2, 0.25) is 5.89 Å². The van der Waals surface area contributed by atoms with Crippen LogP contribution in [-0.4, -0.2) is 29.8 Å². The van der Waals surface area contributed by atoms with Gasteiger partial charge in [0.15, 0.2) is 6.67 Å². The molecule has 1 atom stereocenters. The van der Waals surface area contributed by atoms with E-state index < -0.39 is 0 Å². The van der Waals surface area contributed by atoms with E-state index in [2.05, 4.69) is 43.4 Å². The van der Waals surface area contributed by atoms with Crippen molar-refractivity contribution in [3.63, 3.8) is 0 Å². The minimum atomic E-state index is -0.0833. The molecule has 7 heteroatoms. The Hall–Kier alpha value is -2.77. The molecular formula is C21H25N4O2S+. The Morgan fingerprint density at radius 3 is 2.54 bits per heavy atom. The third-order valence-corrected chi connectivity index (χ3v) is 5.02. The van der Waals surface area contributed by atoms with Crippen molar-refractivity contribution in [2.75, 3.05) is 14.1 Å². The molecule has 2 N–H and O–H groups in total. The molecule has 1 unspecified atom stereocenters. The molecule has 1 heterocycles. The lowest BCUT2D eigenvalue weighted by molar-refractivity contribution is -0.917. The summed E-state index contributed by atoms with van der Waals surface area (Å²) in [5.74, 6) is 0.454. The molecule has 0 saturated carbocycles. The lowest BCUT2D eigenvalue weighted by Gasteiger charge is -2.13. The number of aryl methyl sites for hydroxylation is 2. The van der Waals surface area contributed by atoms with Crippen LogP contribution in [-0.2, 0) is 13.2 Å². The molecule has 0 aliphatic carbocycles. The van der Waals surface area contributed by atoms with Gasteiger partial charge in [0.25, 0.3) is 10.7 Å². The molecule has 0 radical (unpaired) electrons. The summed E-state index contributed by atoms with van der Waals surface area (Å²) < 4.78 is 7.43. The summed E-state index contributed by atoms with van der Waals surface area (Å²) >= 11 is 5.35. The van der Waals surface area contributed by atoms with Crippen molar-refractivity contribution in [1.82, 2.24) is 15.1 Å². The van der Waals surface area contributed by atoms with E-state index in [1.807, 2.05) is 30.3 Å². The summed E-state index contributed by atoms with van der Waals surface area (Å²) in [7, 11) is 3.70. The Balaban J connectivity index is 1.69. The third kappa shape index (κ3) is 4.55. The molecule has 0 aliphatic heterocycles. The van der Waals surface area contributed by atoms with Gasteiger partial charge in [-0.25, -0.2) is 0 Å². The quantitative estimate of drug-likeness (QED) is 0.628. The van der Waals surface area contributed by atoms with Gasteiger partial charge in [-0.3, -0.25) is 4.79 Å². The number of carbonyl (C=O) groups is 1. The fourth-order valence-corrected chi connectivity index (χ4v) is 3.16. The first kappa shape index (κ1) is 20.0. The van der Waals surface area contributed by atoms with Gasteiger partial charge >= 0.3 is 0 Å². The highest BCUT2D eigenvalue weighted by atomic mass is 32.1. The van der Waals surface area contributed by atoms with Crippen LogP contribution >= 0.6 is 12.2 Å². The van der Waals surface area contributed by atoms with Crippen molar-refractivity contribution in [1.29, 1.82) is 0 Å². The molecular weight excluding hydrogens is 372 g/mol. The summed E-state index contributed by atoms with van der Waals surface area (Å²) in [5.41, 5.74) is 5.13. The Kier molecular flexibility index (Phi) is 6.06. The maximum atomic E-state index is 11.6. The largest absolute Gasteiger partial charge is 0.409 e. The topological polar surface area (TPSA) is 64.5 Å². The molecule has 146 valence electrons. The zero-order valence-electron chi connectivity index (χ0n) is 16.6. The molecule has 1 aromatic heterocycles. The maximum absolute atomic E-state index is 11.6. The molecule has 28 heavy (non-hydrogen) atoms. The second-order valence-corrected chi connectivity index (χ2v) is 7.39. The minimum Gasteiger partial charge on any atom is -0.409 e. The lowest BCUT2D eigenvalue weighted by atomic mass is 10.1. The highest BCUT2D eigenvalue weighted by molar-refractivity contribution is 7.71. The summed E-state index contributed by atoms with van der Waals surface area (Å²) in [6, 6.07) is 13.7. The van der Waals surface area contributed by atoms with Crippen molar-refractivity contribution >= 4 is 18.1 Å². The summed E-state index contributed by atoms with van der Waals surface area (Å²) in [6.07, 6.45) is 0. The zero-order valence-corrected chi connectivity index (χ0v) is 17.4. The number of aromatic nitrogens is 2. The first-order chi connectivity index (χ1) is 13.4. The van der Waals surface area contributed by atoms with Gasteiger partial charge in [-0.2, -0.15) is 4.68 Å². The number of nitrogens with one attached hydrogen (secondary N) is 2. The highest BCUT2D eigenvalue weighted by Gasteiger charge is 2.13. The van der Waals surface area contributed by atoms with Crippen LogP contribution in [0.2, 0.25) is 0 Å². The zero-order chi connectivity index (χ0) is 20.3. The number of quaternary nitrogens is 1. The molecule has 0 bridgehead atoms. The number of hydrogen-bond acceptors (Lipinski definition) is 4. The molecule has 0 spiro atoms. The molecule has 6 nitrogen and oxygen atoms in total. The Bertz CT molecular complexity index is 1040. The lowest BCUT2D eigenvalue weighted by Crippen LogP contribution is -3.07. The summed E-state index contributed by atoms with van der Waals surface area (Å²) in [6.45, 7) is 5.51. The molecule has 3 rings (SSSR count). The van der Waals surface area contributed by atoms with E-state index in [9.17, 15) is 4.79 Å². The molecule has 3 aromatic rings. The van der Waals surface area contributed by atoms with Gasteiger partial charge < -0.3 is 14.6 Å². The van der Waals surface area contributed by atoms with Crippen LogP contribution in [0.4, 0.5) is 0 Å². The van der Waals surface area contributed by atoms with Gasteiger partial charge in [-0.05, 0) is 61.5 Å². The first-order valence-corrected chi connectivity index (χ1v) is 9.56. The summed E-state index contributed by atoms with van der Waals surface area (Å²) in [5, 5.41) is 7.18. The van der Waals surface area contributed by atoms with Gasteiger partial charge in [-0.15, -0.1) is 5.10 Å². The molecule has 2 aromatic carbocycles. The maximum Gasteiger partial charge on any atom is 0.292 e. The second kappa shape index (κ2) is 8.50. The van der Waals surface area contributed by atoms with E-state index in [1.165, 1.54) is 16.0 Å². The standard InChI is InChI=1S/C21H24N4O2S/c1-14-5-8-18(11-15(14)2)20-23-25(21(28)27-20)13-24(4)12-16-6-9-17(10-7-16)19(26)22-3/h5-11H,12-13H2,1-4H3,(H,22,26)/p+1. The van der Waals surface area contributed by atoms with E-state index in [4.69, 9.17) is 16.6 Å². The fourth-order valence-electron chi connectivity index (χ4n) is 2.98. The highest BCUT2D eigenvalue weighted by Crippen LogP contribution is 2.20. The number of benzene rings is 2. The third-order valence-electron chi connectivity index (χ3n) is 4.73. The van der Waals surface area contributed by atoms with E-state index in [1.54, 1.807) is 11.7 Å². The van der Waals surface area contributed by atoms with Crippen LogP contribution in [0.1, 0.15) is 27.0 Å². The van der Waals surface area contributed by atoms with E-state index >= 15 is 0 Å². The molecule has 0 saturated heterocycles. The number of carbonyl (C=O) groups excluding carboxylic acids is 1. The monoisotopic (exact) mass is 397 g/mol. The van der Waals surface area contributed by atoms with Crippen LogP contribution in [0.5, 0.6) is 0 Å². The fraction of sp³-hybridized carbons (Fsp3) is 0.286. The smallest absolute Gasteiger partial charge is 0.292 e. The van der Waals surface area contributed by atoms with Gasteiger partial charge in [-0.1, -0.05) is 18.2 Å². The van der Waals surface area contributed by atoms with E-state index in [-0.39, 0.29) is 5.91 Å². The van der Waals surface area contributed by atoms with Gasteiger partial charge in [0.05, 0.1) is 7.05 Å². The molecule has 1 amide bonds. The van der Waals surface area contributed by atoms with Crippen LogP contribution in [0.25, 0.3) is 11.5 Å². The van der Waals surface area contributed by atoms with Crippen molar-refractivity contribution in [2.45, 2.75) is 27.1 Å². The number of hydrogen-bond donors (Lipinski definition) is 2. The molecule has 0 aliphatic rings. The predicted octanol–water partition coefficient (Wildman–Crippen LogP) is 2.52. The van der Waals surface area contributed by atoms with E-state index in [0.717, 1.165) is 17.7 Å². The Morgan fingerprint density at radius 2 is 1.89 bits per heavy atom. The van der Waals surface area contributed by atoms with Gasteiger partial charge in [0, 0.05) is 23.7 Å². The van der Waals surface area contributed by atoms with Crippen LogP contribution < -0.4 is 10.2 Å². The minimum absolute atomic E-state index is 0.0833. The average molecular weight is 398 g/mol. The van der Waals surface area contributed by atoms with E-state index in [0.29, 0.717) is 23.0 Å². The Labute approximate surface area is 169 Å². The summed E-state index contributed by atoms with van der Waals surface area (Å²) in [4.78, 5) is 13.2. The number of nitrogens with zero attached hydrogens (tertiary/aromatic N) is 2. The SMILES string of the molecule is CNC(=O)c1ccc(C[NH+](C)Cn2nc(-c3ccc(C)c(C)c3)oc2=S)cc1. The van der Waals surface area contributed by atoms with Crippen molar-refractivity contribution < 1.29 is 14.1 Å². The van der Waals surface area contributed by atoms with Gasteiger partial charge in [0.1, 0.15) is 6.54 Å². The van der Waals surface area contributed by atoms with Crippen molar-refractivity contribution in [2.24, 2.45) is 0 Å². The second-order valence-electron chi connectivity index (χ2n) is 7.04. The Morgan fingerprint density at radius 1 is 1.18 bits per heavy atom. The van der Waals surface area contributed by atoms with Crippen molar-refractivity contribution in [3.8, 4) is 11.5 Å². The van der Waals surface area contributed by atoms with Crippen molar-refractivity contribution in [3.05, 3.63) is 69.6 Å². The van der Waals surface area contributed by atoms with Crippen LogP contribution in [0, 0.1) is 18.7 Å². The van der Waals surface area contributed by atoms with Crippen LogP contribution in [0.3, 0.4) is 0 Å². The number of amides is 1. The molecule has 0 fully saturated rings. The normalized spacial score (nSPS) is 12.0. The predicted molar refractivity (Wildman–Crippen MR) is 111 cm³/mol. The van der Waals surface area contributed by atoms with Crippen LogP contribution in [0.15, 0.2) is 46.9 Å². The number of rotatable bonds is 6.